The van der Waals surface area contributed by atoms with Crippen LogP contribution >= 0.6 is 0 Å². The molecule has 0 bridgehead atoms. The first-order chi connectivity index (χ1) is 7.77. The fourth-order valence-electron chi connectivity index (χ4n) is 1.44. The van der Waals surface area contributed by atoms with Crippen molar-refractivity contribution in [3.63, 3.8) is 0 Å². The zero-order chi connectivity index (χ0) is 11.4. The van der Waals surface area contributed by atoms with Crippen molar-refractivity contribution in [1.29, 1.82) is 0 Å². The van der Waals surface area contributed by atoms with Gasteiger partial charge in [0.1, 0.15) is 0 Å². The summed E-state index contributed by atoms with van der Waals surface area (Å²) in [5, 5.41) is 2.77. The summed E-state index contributed by atoms with van der Waals surface area (Å²) in [5.41, 5.74) is 2.27. The highest BCUT2D eigenvalue weighted by Gasteiger charge is 2.07. The van der Waals surface area contributed by atoms with E-state index in [1.807, 2.05) is 25.1 Å². The lowest BCUT2D eigenvalue weighted by Crippen LogP contribution is -2.13. The Bertz CT molecular complexity index is 491. The topological polar surface area (TPSA) is 29.1 Å². The summed E-state index contributed by atoms with van der Waals surface area (Å²) in [6, 6.07) is 18.4. The third kappa shape index (κ3) is 2.28. The molecule has 2 aromatic carbocycles. The van der Waals surface area contributed by atoms with Crippen molar-refractivity contribution in [2.75, 3.05) is 5.32 Å². The fourth-order valence-corrected chi connectivity index (χ4v) is 1.44. The lowest BCUT2D eigenvalue weighted by Gasteiger charge is -2.06. The number of carbonyl (C=O) groups is 1. The van der Waals surface area contributed by atoms with Gasteiger partial charge in [-0.1, -0.05) is 30.3 Å². The van der Waals surface area contributed by atoms with Crippen LogP contribution in [-0.2, 0) is 0 Å². The third-order valence-electron chi connectivity index (χ3n) is 2.28. The molecule has 0 heterocycles. The maximum atomic E-state index is 11.9. The SMILES string of the molecule is Cc1ccccc1C(=O)Nc1[c]cc[c]c1. The van der Waals surface area contributed by atoms with Gasteiger partial charge in [0.25, 0.3) is 5.91 Å². The Balaban J connectivity index is 2.19. The maximum absolute atomic E-state index is 11.9. The third-order valence-corrected chi connectivity index (χ3v) is 2.28. The molecular formula is C14H11NO. The van der Waals surface area contributed by atoms with Crippen molar-refractivity contribution in [2.24, 2.45) is 0 Å². The molecule has 0 saturated heterocycles. The molecule has 0 atom stereocenters. The summed E-state index contributed by atoms with van der Waals surface area (Å²) in [6.07, 6.45) is 0. The normalized spacial score (nSPS) is 9.81. The van der Waals surface area contributed by atoms with Crippen LogP contribution in [0.3, 0.4) is 0 Å². The van der Waals surface area contributed by atoms with E-state index in [0.717, 1.165) is 5.56 Å². The highest BCUT2D eigenvalue weighted by molar-refractivity contribution is 6.05. The molecule has 2 nitrogen and oxygen atoms in total. The smallest absolute Gasteiger partial charge is 0.255 e. The van der Waals surface area contributed by atoms with Gasteiger partial charge in [-0.25, -0.2) is 0 Å². The fraction of sp³-hybridized carbons (Fsp3) is 0.0714. The van der Waals surface area contributed by atoms with Crippen LogP contribution in [0.25, 0.3) is 0 Å². The average molecular weight is 209 g/mol. The second-order valence-electron chi connectivity index (χ2n) is 3.47. The van der Waals surface area contributed by atoms with Gasteiger partial charge in [-0.2, -0.15) is 0 Å². The van der Waals surface area contributed by atoms with Gasteiger partial charge in [0.2, 0.25) is 0 Å². The van der Waals surface area contributed by atoms with Gasteiger partial charge in [0.05, 0.1) is 0 Å². The maximum Gasteiger partial charge on any atom is 0.255 e. The molecule has 0 aliphatic carbocycles. The van der Waals surface area contributed by atoms with E-state index in [1.165, 1.54) is 0 Å². The molecule has 2 radical (unpaired) electrons. The average Bonchev–Trinajstić information content (AvgIpc) is 2.31. The summed E-state index contributed by atoms with van der Waals surface area (Å²) in [4.78, 5) is 11.9. The van der Waals surface area contributed by atoms with Crippen molar-refractivity contribution in [2.45, 2.75) is 6.92 Å². The van der Waals surface area contributed by atoms with E-state index in [9.17, 15) is 4.79 Å². The summed E-state index contributed by atoms with van der Waals surface area (Å²) >= 11 is 0. The predicted molar refractivity (Wildman–Crippen MR) is 63.2 cm³/mol. The molecule has 78 valence electrons. The van der Waals surface area contributed by atoms with E-state index in [0.29, 0.717) is 11.3 Å². The zero-order valence-corrected chi connectivity index (χ0v) is 8.95. The van der Waals surface area contributed by atoms with Crippen molar-refractivity contribution in [3.8, 4) is 0 Å². The summed E-state index contributed by atoms with van der Waals surface area (Å²) < 4.78 is 0. The summed E-state index contributed by atoms with van der Waals surface area (Å²) in [6.45, 7) is 1.91. The Hall–Kier alpha value is -2.09. The number of hydrogen-bond donors (Lipinski definition) is 1. The first-order valence-corrected chi connectivity index (χ1v) is 5.02. The molecular weight excluding hydrogens is 198 g/mol. The van der Waals surface area contributed by atoms with Gasteiger partial charge in [-0.05, 0) is 30.7 Å². The number of rotatable bonds is 2. The van der Waals surface area contributed by atoms with Crippen LogP contribution in [0.5, 0.6) is 0 Å². The van der Waals surface area contributed by atoms with Crippen LogP contribution < -0.4 is 5.32 Å². The van der Waals surface area contributed by atoms with E-state index in [4.69, 9.17) is 0 Å². The molecule has 0 aliphatic rings. The summed E-state index contributed by atoms with van der Waals surface area (Å²) in [7, 11) is 0. The van der Waals surface area contributed by atoms with E-state index in [1.54, 1.807) is 24.3 Å². The van der Waals surface area contributed by atoms with Crippen LogP contribution in [0.2, 0.25) is 0 Å². The van der Waals surface area contributed by atoms with Crippen molar-refractivity contribution in [1.82, 2.24) is 0 Å². The number of nitrogens with one attached hydrogen (secondary N) is 1. The number of amides is 1. The Kier molecular flexibility index (Phi) is 3.01. The van der Waals surface area contributed by atoms with Gasteiger partial charge >= 0.3 is 0 Å². The Morgan fingerprint density at radius 2 is 2.06 bits per heavy atom. The van der Waals surface area contributed by atoms with Crippen LogP contribution in [-0.4, -0.2) is 5.91 Å². The molecule has 0 unspecified atom stereocenters. The number of carbonyl (C=O) groups excluding carboxylic acids is 1. The highest BCUT2D eigenvalue weighted by atomic mass is 16.1. The monoisotopic (exact) mass is 209 g/mol. The van der Waals surface area contributed by atoms with Crippen molar-refractivity contribution >= 4 is 11.6 Å². The number of anilines is 1. The van der Waals surface area contributed by atoms with E-state index >= 15 is 0 Å². The molecule has 2 heteroatoms. The lowest BCUT2D eigenvalue weighted by molar-refractivity contribution is 0.102. The predicted octanol–water partition coefficient (Wildman–Crippen LogP) is 2.85. The minimum Gasteiger partial charge on any atom is -0.321 e. The molecule has 0 saturated carbocycles. The molecule has 1 amide bonds. The second kappa shape index (κ2) is 4.62. The van der Waals surface area contributed by atoms with Crippen LogP contribution in [0.4, 0.5) is 5.69 Å². The first-order valence-electron chi connectivity index (χ1n) is 5.02. The van der Waals surface area contributed by atoms with Gasteiger partial charge in [0, 0.05) is 17.3 Å². The molecule has 0 spiro atoms. The van der Waals surface area contributed by atoms with Crippen LogP contribution in [0.15, 0.2) is 42.5 Å². The molecule has 1 N–H and O–H groups in total. The first kappa shape index (κ1) is 10.4. The molecule has 0 aliphatic heterocycles. The largest absolute Gasteiger partial charge is 0.321 e. The summed E-state index contributed by atoms with van der Waals surface area (Å²) in [5.74, 6) is -0.117. The minimum absolute atomic E-state index is 0.117. The van der Waals surface area contributed by atoms with Gasteiger partial charge in [-0.15, -0.1) is 0 Å². The van der Waals surface area contributed by atoms with Crippen LogP contribution in [0, 0.1) is 19.1 Å². The Morgan fingerprint density at radius 1 is 1.25 bits per heavy atom. The number of aryl methyl sites for hydroxylation is 1. The van der Waals surface area contributed by atoms with Crippen molar-refractivity contribution in [3.05, 3.63) is 65.7 Å². The zero-order valence-electron chi connectivity index (χ0n) is 8.95. The van der Waals surface area contributed by atoms with E-state index in [2.05, 4.69) is 17.4 Å². The molecule has 0 fully saturated rings. The standard InChI is InChI=1S/C14H11NO/c1-11-7-5-6-10-13(11)14(16)15-12-8-3-2-4-9-12/h2-3,5-7,9-10H,1H3,(H,15,16). The van der Waals surface area contributed by atoms with E-state index < -0.39 is 0 Å². The van der Waals surface area contributed by atoms with Crippen molar-refractivity contribution < 1.29 is 4.79 Å². The van der Waals surface area contributed by atoms with E-state index in [-0.39, 0.29) is 5.91 Å². The Morgan fingerprint density at radius 3 is 2.75 bits per heavy atom. The highest BCUT2D eigenvalue weighted by Crippen LogP contribution is 2.10. The molecule has 16 heavy (non-hydrogen) atoms. The number of benzene rings is 2. The molecule has 2 aromatic rings. The minimum atomic E-state index is -0.117. The lowest BCUT2D eigenvalue weighted by atomic mass is 10.1. The number of hydrogen-bond acceptors (Lipinski definition) is 1. The van der Waals surface area contributed by atoms with Gasteiger partial charge < -0.3 is 5.32 Å². The van der Waals surface area contributed by atoms with Gasteiger partial charge in [-0.3, -0.25) is 4.79 Å². The quantitative estimate of drug-likeness (QED) is 0.809. The molecule has 2 rings (SSSR count). The van der Waals surface area contributed by atoms with Crippen LogP contribution in [0.1, 0.15) is 15.9 Å². The van der Waals surface area contributed by atoms with Gasteiger partial charge in [0.15, 0.2) is 0 Å². The Labute approximate surface area is 94.9 Å². The second-order valence-corrected chi connectivity index (χ2v) is 3.47. The molecule has 0 aromatic heterocycles.